The van der Waals surface area contributed by atoms with Crippen LogP contribution in [0.25, 0.3) is 0 Å². The van der Waals surface area contributed by atoms with E-state index in [1.165, 1.54) is 0 Å². The van der Waals surface area contributed by atoms with Gasteiger partial charge in [-0.3, -0.25) is 0 Å². The van der Waals surface area contributed by atoms with Crippen LogP contribution in [0.1, 0.15) is 5.56 Å². The monoisotopic (exact) mass is 629 g/mol. The van der Waals surface area contributed by atoms with Gasteiger partial charge in [0.25, 0.3) is 6.71 Å². The maximum absolute atomic E-state index is 10.2. The summed E-state index contributed by atoms with van der Waals surface area (Å²) in [6, 6.07) is 60.2. The van der Waals surface area contributed by atoms with E-state index in [9.17, 15) is 5.26 Å². The fourth-order valence-electron chi connectivity index (χ4n) is 7.03. The van der Waals surface area contributed by atoms with Gasteiger partial charge in [-0.1, -0.05) is 84.9 Å². The molecule has 0 unspecified atom stereocenters. The summed E-state index contributed by atoms with van der Waals surface area (Å²) in [7, 11) is 0. The number of hydrogen-bond donors (Lipinski definition) is 0. The molecule has 0 saturated carbocycles. The summed E-state index contributed by atoms with van der Waals surface area (Å²) < 4.78 is 13.3. The Bertz CT molecular complexity index is 2270. The summed E-state index contributed by atoms with van der Waals surface area (Å²) in [5.41, 5.74) is 9.52. The van der Waals surface area contributed by atoms with Crippen LogP contribution in [0.15, 0.2) is 170 Å². The predicted octanol–water partition coefficient (Wildman–Crippen LogP) is 9.23. The molecule has 0 spiro atoms. The fraction of sp³-hybridized carbons (Fsp3) is 0. The minimum Gasteiger partial charge on any atom is -0.458 e. The second kappa shape index (κ2) is 11.8. The summed E-state index contributed by atoms with van der Waals surface area (Å²) in [6.45, 7) is -0.183. The largest absolute Gasteiger partial charge is 0.458 e. The van der Waals surface area contributed by atoms with E-state index in [-0.39, 0.29) is 6.71 Å². The maximum Gasteiger partial charge on any atom is 0.260 e. The van der Waals surface area contributed by atoms with Gasteiger partial charge >= 0.3 is 0 Å². The molecular formula is C43H28BN3O2. The molecule has 7 aromatic carbocycles. The average molecular weight is 630 g/mol. The second-order valence-electron chi connectivity index (χ2n) is 12.1. The van der Waals surface area contributed by atoms with E-state index < -0.39 is 0 Å². The van der Waals surface area contributed by atoms with Crippen LogP contribution < -0.4 is 35.7 Å². The Morgan fingerprint density at radius 3 is 1.29 bits per heavy atom. The van der Waals surface area contributed by atoms with Crippen LogP contribution in [0.5, 0.6) is 23.0 Å². The molecule has 6 heteroatoms. The van der Waals surface area contributed by atoms with Crippen molar-refractivity contribution in [3.63, 3.8) is 0 Å². The summed E-state index contributed by atoms with van der Waals surface area (Å²) in [6.07, 6.45) is 0. The van der Waals surface area contributed by atoms with Gasteiger partial charge in [-0.15, -0.1) is 0 Å². The highest BCUT2D eigenvalue weighted by Crippen LogP contribution is 2.42. The first-order chi connectivity index (χ1) is 24.3. The molecule has 0 radical (unpaired) electrons. The lowest BCUT2D eigenvalue weighted by Gasteiger charge is -2.35. The zero-order valence-electron chi connectivity index (χ0n) is 26.4. The van der Waals surface area contributed by atoms with Crippen LogP contribution in [0.4, 0.5) is 34.1 Å². The molecular weight excluding hydrogens is 601 g/mol. The molecule has 0 amide bonds. The summed E-state index contributed by atoms with van der Waals surface area (Å²) in [4.78, 5) is 4.45. The zero-order chi connectivity index (χ0) is 32.7. The summed E-state index contributed by atoms with van der Waals surface area (Å²) in [5.74, 6) is 2.73. The van der Waals surface area contributed by atoms with Crippen molar-refractivity contribution in [2.45, 2.75) is 0 Å². The molecule has 2 aliphatic heterocycles. The lowest BCUT2D eigenvalue weighted by molar-refractivity contribution is 0.463. The van der Waals surface area contributed by atoms with Crippen LogP contribution in [-0.4, -0.2) is 6.71 Å². The topological polar surface area (TPSA) is 48.7 Å². The number of anilines is 6. The highest BCUT2D eigenvalue weighted by Gasteiger charge is 2.41. The number of rotatable bonds is 6. The fourth-order valence-corrected chi connectivity index (χ4v) is 7.03. The van der Waals surface area contributed by atoms with Crippen molar-refractivity contribution in [2.75, 3.05) is 9.80 Å². The van der Waals surface area contributed by atoms with E-state index in [2.05, 4.69) is 125 Å². The Morgan fingerprint density at radius 1 is 0.429 bits per heavy atom. The molecule has 0 fully saturated rings. The molecule has 49 heavy (non-hydrogen) atoms. The summed E-state index contributed by atoms with van der Waals surface area (Å²) in [5, 5.41) is 10.2. The Morgan fingerprint density at radius 2 is 0.857 bits per heavy atom. The van der Waals surface area contributed by atoms with E-state index >= 15 is 0 Å². The van der Waals surface area contributed by atoms with Crippen molar-refractivity contribution < 1.29 is 9.47 Å². The van der Waals surface area contributed by atoms with E-state index in [0.29, 0.717) is 22.8 Å². The Labute approximate surface area is 285 Å². The first kappa shape index (κ1) is 28.5. The quantitative estimate of drug-likeness (QED) is 0.172. The Balaban J connectivity index is 1.20. The van der Waals surface area contributed by atoms with Crippen LogP contribution in [-0.2, 0) is 0 Å². The highest BCUT2D eigenvalue weighted by atomic mass is 16.5. The number of hydrogen-bond acceptors (Lipinski definition) is 5. The van der Waals surface area contributed by atoms with Gasteiger partial charge in [0.1, 0.15) is 29.1 Å². The van der Waals surface area contributed by atoms with Crippen molar-refractivity contribution in [3.05, 3.63) is 175 Å². The zero-order valence-corrected chi connectivity index (χ0v) is 26.4. The molecule has 5 nitrogen and oxygen atoms in total. The minimum atomic E-state index is -0.183. The molecule has 2 aliphatic rings. The average Bonchev–Trinajstić information content (AvgIpc) is 3.16. The smallest absolute Gasteiger partial charge is 0.260 e. The van der Waals surface area contributed by atoms with Crippen LogP contribution in [0.2, 0.25) is 0 Å². The molecule has 0 N–H and O–H groups in total. The SMILES string of the molecule is N#Cc1ccc2c3c1Oc1cc(N(c4ccccc4)c4ccccc4)ccc1B3c1ccc(N(c3ccccc3)c3ccccc3)cc1O2. The maximum atomic E-state index is 10.2. The number of para-hydroxylation sites is 4. The number of fused-ring (bicyclic) bond motifs is 4. The van der Waals surface area contributed by atoms with Gasteiger partial charge in [0, 0.05) is 51.7 Å². The third-order valence-corrected chi connectivity index (χ3v) is 9.19. The standard InChI is InChI=1S/C43H28BN3O2/c45-29-30-21-26-39-42-43(30)49-41-28-36(47(33-17-9-3-10-18-33)34-19-11-4-12-20-34)23-25-38(41)44(42)37-24-22-35(27-40(37)48-39)46(31-13-5-1-6-14-31)32-15-7-2-8-16-32/h1-28H. The highest BCUT2D eigenvalue weighted by molar-refractivity contribution is 6.98. The van der Waals surface area contributed by atoms with E-state index in [0.717, 1.165) is 56.3 Å². The van der Waals surface area contributed by atoms with Crippen molar-refractivity contribution in [2.24, 2.45) is 0 Å². The van der Waals surface area contributed by atoms with Gasteiger partial charge in [0.2, 0.25) is 0 Å². The molecule has 2 heterocycles. The molecule has 0 bridgehead atoms. The van der Waals surface area contributed by atoms with Gasteiger partial charge in [-0.05, 0) is 83.7 Å². The number of nitrogens with zero attached hydrogens (tertiary/aromatic N) is 3. The number of benzene rings is 7. The van der Waals surface area contributed by atoms with Crippen LogP contribution in [0, 0.1) is 11.3 Å². The third-order valence-electron chi connectivity index (χ3n) is 9.19. The summed E-state index contributed by atoms with van der Waals surface area (Å²) >= 11 is 0. The van der Waals surface area contributed by atoms with Crippen LogP contribution in [0.3, 0.4) is 0 Å². The normalized spacial score (nSPS) is 11.9. The molecule has 0 aromatic heterocycles. The Hall–Kier alpha value is -6.71. The number of ether oxygens (including phenoxy) is 2. The molecule has 0 saturated heterocycles. The third kappa shape index (κ3) is 4.88. The van der Waals surface area contributed by atoms with Gasteiger partial charge in [0.15, 0.2) is 0 Å². The lowest BCUT2D eigenvalue weighted by Crippen LogP contribution is -2.57. The van der Waals surface area contributed by atoms with Gasteiger partial charge in [-0.25, -0.2) is 0 Å². The van der Waals surface area contributed by atoms with Gasteiger partial charge < -0.3 is 19.3 Å². The van der Waals surface area contributed by atoms with Gasteiger partial charge in [-0.2, -0.15) is 5.26 Å². The molecule has 0 atom stereocenters. The van der Waals surface area contributed by atoms with Crippen LogP contribution >= 0.6 is 0 Å². The molecule has 0 aliphatic carbocycles. The molecule has 230 valence electrons. The van der Waals surface area contributed by atoms with E-state index in [4.69, 9.17) is 9.47 Å². The Kier molecular flexibility index (Phi) is 6.88. The van der Waals surface area contributed by atoms with E-state index in [1.807, 2.05) is 54.6 Å². The second-order valence-corrected chi connectivity index (χ2v) is 12.1. The van der Waals surface area contributed by atoms with E-state index in [1.54, 1.807) is 6.07 Å². The molecule has 9 rings (SSSR count). The predicted molar refractivity (Wildman–Crippen MR) is 198 cm³/mol. The van der Waals surface area contributed by atoms with Gasteiger partial charge in [0.05, 0.1) is 5.56 Å². The van der Waals surface area contributed by atoms with Crippen molar-refractivity contribution in [3.8, 4) is 29.1 Å². The van der Waals surface area contributed by atoms with Crippen molar-refractivity contribution in [1.82, 2.24) is 0 Å². The first-order valence-electron chi connectivity index (χ1n) is 16.3. The van der Waals surface area contributed by atoms with Crippen molar-refractivity contribution >= 4 is 57.2 Å². The molecule has 7 aromatic rings. The first-order valence-corrected chi connectivity index (χ1v) is 16.3. The lowest BCUT2D eigenvalue weighted by atomic mass is 9.34. The number of nitriles is 1. The van der Waals surface area contributed by atoms with Crippen molar-refractivity contribution in [1.29, 1.82) is 5.26 Å². The minimum absolute atomic E-state index is 0.183.